The minimum atomic E-state index is 1.16. The van der Waals surface area contributed by atoms with Gasteiger partial charge in [0.2, 0.25) is 0 Å². The van der Waals surface area contributed by atoms with Crippen LogP contribution in [0.3, 0.4) is 0 Å². The lowest BCUT2D eigenvalue weighted by Crippen LogP contribution is -1.97. The van der Waals surface area contributed by atoms with Crippen LogP contribution < -0.4 is 0 Å². The largest absolute Gasteiger partial charge is 0.347 e. The van der Waals surface area contributed by atoms with E-state index in [-0.39, 0.29) is 0 Å². The third-order valence-electron chi connectivity index (χ3n) is 8.95. The van der Waals surface area contributed by atoms with Crippen molar-refractivity contribution in [1.82, 2.24) is 9.13 Å². The quantitative estimate of drug-likeness (QED) is 0.130. The topological polar surface area (TPSA) is 9.86 Å². The Kier molecular flexibility index (Phi) is 6.91. The fourth-order valence-electron chi connectivity index (χ4n) is 6.81. The number of aryl methyl sites for hydroxylation is 4. The fourth-order valence-corrected chi connectivity index (χ4v) is 6.81. The monoisotopic (exact) mass is 502 g/mol. The van der Waals surface area contributed by atoms with E-state index in [9.17, 15) is 0 Å². The molecule has 2 heterocycles. The van der Waals surface area contributed by atoms with E-state index in [0.29, 0.717) is 0 Å². The molecule has 38 heavy (non-hydrogen) atoms. The smallest absolute Gasteiger partial charge is 0.0559 e. The van der Waals surface area contributed by atoms with Crippen LogP contribution in [0.15, 0.2) is 60.7 Å². The van der Waals surface area contributed by atoms with Crippen LogP contribution in [0.1, 0.15) is 76.6 Å². The molecule has 0 N–H and O–H groups in total. The molecule has 0 spiro atoms. The molecular weight excluding hydrogens is 460 g/mol. The summed E-state index contributed by atoms with van der Waals surface area (Å²) in [6, 6.07) is 23.7. The van der Waals surface area contributed by atoms with Gasteiger partial charge in [-0.15, -0.1) is 0 Å². The van der Waals surface area contributed by atoms with Crippen molar-refractivity contribution in [2.24, 2.45) is 14.1 Å². The van der Waals surface area contributed by atoms with E-state index in [1.807, 2.05) is 0 Å². The first kappa shape index (κ1) is 25.0. The summed E-state index contributed by atoms with van der Waals surface area (Å²) in [5.41, 5.74) is 5.67. The molecule has 6 rings (SSSR count). The second kappa shape index (κ2) is 10.5. The fraction of sp³-hybridized carbons (Fsp3) is 0.389. The SMILES string of the molecule is CCCCCCc1cc2ccc3c4ccc5c(ccc6cc(CCCCCC)n(C)c65)c4ccc3c2n1C. The Balaban J connectivity index is 1.45. The highest BCUT2D eigenvalue weighted by atomic mass is 14.9. The highest BCUT2D eigenvalue weighted by Crippen LogP contribution is 2.38. The maximum Gasteiger partial charge on any atom is 0.0559 e. The van der Waals surface area contributed by atoms with Gasteiger partial charge in [-0.2, -0.15) is 0 Å². The van der Waals surface area contributed by atoms with Gasteiger partial charge in [0.25, 0.3) is 0 Å². The van der Waals surface area contributed by atoms with Gasteiger partial charge < -0.3 is 9.13 Å². The predicted octanol–water partition coefficient (Wildman–Crippen LogP) is 10.4. The van der Waals surface area contributed by atoms with E-state index in [0.717, 1.165) is 12.8 Å². The Hall–Kier alpha value is -3.26. The van der Waals surface area contributed by atoms with Gasteiger partial charge in [-0.3, -0.25) is 0 Å². The Bertz CT molecular complexity index is 1630. The van der Waals surface area contributed by atoms with Gasteiger partial charge in [0.1, 0.15) is 0 Å². The Labute approximate surface area is 227 Å². The van der Waals surface area contributed by atoms with Crippen LogP contribution in [0, 0.1) is 0 Å². The molecule has 196 valence electrons. The standard InChI is InChI=1S/C36H42N2/c1-5-7-9-11-13-27-23-25-15-17-31-29-20-22-34-32(30(29)19-21-33(31)35(25)37(27)3)18-16-26-24-28(38(4)36(26)34)14-12-10-8-6-2/h15-24H,5-14H2,1-4H3. The van der Waals surface area contributed by atoms with Crippen molar-refractivity contribution in [2.45, 2.75) is 78.1 Å². The molecule has 0 atom stereocenters. The number of hydrogen-bond donors (Lipinski definition) is 0. The molecule has 4 aromatic carbocycles. The summed E-state index contributed by atoms with van der Waals surface area (Å²) < 4.78 is 4.90. The normalized spacial score (nSPS) is 12.2. The van der Waals surface area contributed by atoms with Crippen molar-refractivity contribution in [3.63, 3.8) is 0 Å². The van der Waals surface area contributed by atoms with Crippen LogP contribution in [0.2, 0.25) is 0 Å². The molecule has 0 bridgehead atoms. The van der Waals surface area contributed by atoms with E-state index in [1.54, 1.807) is 0 Å². The second-order valence-corrected chi connectivity index (χ2v) is 11.4. The first-order chi connectivity index (χ1) is 18.6. The van der Waals surface area contributed by atoms with Crippen LogP contribution in [0.5, 0.6) is 0 Å². The summed E-state index contributed by atoms with van der Waals surface area (Å²) in [6.45, 7) is 4.57. The first-order valence-corrected chi connectivity index (χ1v) is 15.0. The lowest BCUT2D eigenvalue weighted by molar-refractivity contribution is 0.651. The lowest BCUT2D eigenvalue weighted by atomic mass is 9.95. The third kappa shape index (κ3) is 4.19. The summed E-state index contributed by atoms with van der Waals surface area (Å²) in [6.07, 6.45) is 12.8. The molecule has 0 aliphatic heterocycles. The van der Waals surface area contributed by atoms with Crippen molar-refractivity contribution >= 4 is 54.1 Å². The zero-order valence-electron chi connectivity index (χ0n) is 23.7. The lowest BCUT2D eigenvalue weighted by Gasteiger charge is -2.12. The van der Waals surface area contributed by atoms with E-state index in [2.05, 4.69) is 97.7 Å². The summed E-state index contributed by atoms with van der Waals surface area (Å²) in [7, 11) is 4.51. The molecule has 6 aromatic rings. The zero-order chi connectivity index (χ0) is 26.2. The number of rotatable bonds is 10. The van der Waals surface area contributed by atoms with Gasteiger partial charge in [0, 0.05) is 47.0 Å². The van der Waals surface area contributed by atoms with Crippen molar-refractivity contribution < 1.29 is 0 Å². The number of hydrogen-bond acceptors (Lipinski definition) is 0. The van der Waals surface area contributed by atoms with Crippen molar-refractivity contribution in [3.05, 3.63) is 72.1 Å². The Morgan fingerprint density at radius 1 is 0.447 bits per heavy atom. The molecule has 0 unspecified atom stereocenters. The van der Waals surface area contributed by atoms with Crippen LogP contribution in [0.4, 0.5) is 0 Å². The van der Waals surface area contributed by atoms with E-state index < -0.39 is 0 Å². The van der Waals surface area contributed by atoms with Crippen LogP contribution in [-0.2, 0) is 26.9 Å². The average Bonchev–Trinajstić information content (AvgIpc) is 3.44. The van der Waals surface area contributed by atoms with Crippen LogP contribution >= 0.6 is 0 Å². The summed E-state index contributed by atoms with van der Waals surface area (Å²) in [4.78, 5) is 0. The second-order valence-electron chi connectivity index (χ2n) is 11.4. The minimum Gasteiger partial charge on any atom is -0.347 e. The van der Waals surface area contributed by atoms with Gasteiger partial charge in [0.15, 0.2) is 0 Å². The summed E-state index contributed by atoms with van der Waals surface area (Å²) >= 11 is 0. The molecular formula is C36H42N2. The molecule has 2 aromatic heterocycles. The number of fused-ring (bicyclic) bond motifs is 9. The molecule has 0 amide bonds. The van der Waals surface area contributed by atoms with E-state index >= 15 is 0 Å². The summed E-state index contributed by atoms with van der Waals surface area (Å²) in [5, 5.41) is 10.9. The average molecular weight is 503 g/mol. The van der Waals surface area contributed by atoms with Gasteiger partial charge in [-0.25, -0.2) is 0 Å². The maximum atomic E-state index is 2.45. The number of aromatic nitrogens is 2. The third-order valence-corrected chi connectivity index (χ3v) is 8.95. The highest BCUT2D eigenvalue weighted by molar-refractivity contribution is 6.24. The van der Waals surface area contributed by atoms with Crippen molar-refractivity contribution in [1.29, 1.82) is 0 Å². The Morgan fingerprint density at radius 2 is 0.816 bits per heavy atom. The van der Waals surface area contributed by atoms with Crippen molar-refractivity contribution in [3.8, 4) is 0 Å². The van der Waals surface area contributed by atoms with Gasteiger partial charge in [-0.1, -0.05) is 101 Å². The number of unbranched alkanes of at least 4 members (excludes halogenated alkanes) is 6. The molecule has 0 saturated heterocycles. The molecule has 0 aliphatic rings. The van der Waals surface area contributed by atoms with Gasteiger partial charge in [-0.05, 0) is 59.4 Å². The van der Waals surface area contributed by atoms with Gasteiger partial charge in [0.05, 0.1) is 11.0 Å². The first-order valence-electron chi connectivity index (χ1n) is 15.0. The van der Waals surface area contributed by atoms with E-state index in [1.165, 1.54) is 117 Å². The molecule has 0 radical (unpaired) electrons. The highest BCUT2D eigenvalue weighted by Gasteiger charge is 2.14. The molecule has 0 aliphatic carbocycles. The minimum absolute atomic E-state index is 1.16. The summed E-state index contributed by atoms with van der Waals surface area (Å²) in [5.74, 6) is 0. The number of nitrogens with zero attached hydrogens (tertiary/aromatic N) is 2. The Morgan fingerprint density at radius 3 is 1.24 bits per heavy atom. The number of benzene rings is 4. The zero-order valence-corrected chi connectivity index (χ0v) is 23.7. The maximum absolute atomic E-state index is 2.45. The van der Waals surface area contributed by atoms with Crippen LogP contribution in [-0.4, -0.2) is 9.13 Å². The molecule has 2 heteroatoms. The molecule has 0 saturated carbocycles. The van der Waals surface area contributed by atoms with E-state index in [4.69, 9.17) is 0 Å². The van der Waals surface area contributed by atoms with Crippen molar-refractivity contribution in [2.75, 3.05) is 0 Å². The van der Waals surface area contributed by atoms with Crippen LogP contribution in [0.25, 0.3) is 54.1 Å². The predicted molar refractivity (Wildman–Crippen MR) is 168 cm³/mol. The molecule has 2 nitrogen and oxygen atoms in total. The molecule has 0 fully saturated rings. The van der Waals surface area contributed by atoms with Gasteiger partial charge >= 0.3 is 0 Å².